The van der Waals surface area contributed by atoms with Crippen LogP contribution in [-0.2, 0) is 14.6 Å². The third-order valence-electron chi connectivity index (χ3n) is 3.15. The molecule has 0 aliphatic heterocycles. The van der Waals surface area contributed by atoms with Gasteiger partial charge >= 0.3 is 0 Å². The van der Waals surface area contributed by atoms with E-state index in [9.17, 15) is 8.42 Å². The van der Waals surface area contributed by atoms with Crippen LogP contribution >= 0.6 is 0 Å². The molecule has 4 nitrogen and oxygen atoms in total. The third-order valence-corrected chi connectivity index (χ3v) is 4.91. The molecule has 0 fully saturated rings. The van der Waals surface area contributed by atoms with E-state index in [0.717, 1.165) is 12.1 Å². The Morgan fingerprint density at radius 1 is 1.25 bits per heavy atom. The van der Waals surface area contributed by atoms with E-state index in [-0.39, 0.29) is 17.5 Å². The monoisotopic (exact) mass is 299 g/mol. The van der Waals surface area contributed by atoms with E-state index in [1.54, 1.807) is 7.11 Å². The summed E-state index contributed by atoms with van der Waals surface area (Å²) < 4.78 is 29.2. The van der Waals surface area contributed by atoms with E-state index < -0.39 is 9.84 Å². The molecule has 114 valence electrons. The average molecular weight is 299 g/mol. The van der Waals surface area contributed by atoms with E-state index in [2.05, 4.69) is 5.32 Å². The van der Waals surface area contributed by atoms with Gasteiger partial charge in [-0.25, -0.2) is 8.42 Å². The Kier molecular flexibility index (Phi) is 7.19. The Hall–Kier alpha value is -0.910. The summed E-state index contributed by atoms with van der Waals surface area (Å²) in [5.74, 6) is 0.308. The minimum atomic E-state index is -3.08. The number of hydrogen-bond donors (Lipinski definition) is 1. The quantitative estimate of drug-likeness (QED) is 0.710. The summed E-state index contributed by atoms with van der Waals surface area (Å²) >= 11 is 0. The fourth-order valence-electron chi connectivity index (χ4n) is 2.08. The molecule has 0 radical (unpaired) electrons. The smallest absolute Gasteiger partial charge is 0.152 e. The molecule has 0 amide bonds. The SMILES string of the molecule is CCNC(CS(=O)(=O)CCCOC)c1ccc(C)cc1. The van der Waals surface area contributed by atoms with Gasteiger partial charge in [-0.2, -0.15) is 0 Å². The topological polar surface area (TPSA) is 55.4 Å². The zero-order valence-electron chi connectivity index (χ0n) is 12.6. The molecule has 0 heterocycles. The lowest BCUT2D eigenvalue weighted by Gasteiger charge is -2.18. The molecule has 0 aliphatic rings. The van der Waals surface area contributed by atoms with Crippen LogP contribution in [0.2, 0.25) is 0 Å². The Morgan fingerprint density at radius 3 is 2.45 bits per heavy atom. The van der Waals surface area contributed by atoms with E-state index in [0.29, 0.717) is 13.0 Å². The summed E-state index contributed by atoms with van der Waals surface area (Å²) in [6.45, 7) is 5.23. The van der Waals surface area contributed by atoms with Crippen molar-refractivity contribution in [2.45, 2.75) is 26.3 Å². The van der Waals surface area contributed by atoms with Gasteiger partial charge in [0, 0.05) is 19.8 Å². The zero-order chi connectivity index (χ0) is 15.0. The molecule has 0 spiro atoms. The molecule has 1 unspecified atom stereocenters. The lowest BCUT2D eigenvalue weighted by Crippen LogP contribution is -2.29. The molecule has 1 rings (SSSR count). The van der Waals surface area contributed by atoms with Crippen molar-refractivity contribution < 1.29 is 13.2 Å². The van der Waals surface area contributed by atoms with Gasteiger partial charge in [0.15, 0.2) is 9.84 Å². The second-order valence-electron chi connectivity index (χ2n) is 4.98. The minimum Gasteiger partial charge on any atom is -0.385 e. The number of rotatable bonds is 9. The van der Waals surface area contributed by atoms with E-state index >= 15 is 0 Å². The van der Waals surface area contributed by atoms with Crippen LogP contribution in [0.15, 0.2) is 24.3 Å². The minimum absolute atomic E-state index is 0.133. The second-order valence-corrected chi connectivity index (χ2v) is 7.21. The first-order valence-electron chi connectivity index (χ1n) is 6.98. The molecular formula is C15H25NO3S. The molecule has 0 saturated carbocycles. The molecule has 20 heavy (non-hydrogen) atoms. The number of ether oxygens (including phenoxy) is 1. The fraction of sp³-hybridized carbons (Fsp3) is 0.600. The van der Waals surface area contributed by atoms with Crippen LogP contribution in [0.3, 0.4) is 0 Å². The second kappa shape index (κ2) is 8.39. The van der Waals surface area contributed by atoms with Crippen molar-refractivity contribution in [1.82, 2.24) is 5.32 Å². The molecule has 1 aromatic rings. The molecular weight excluding hydrogens is 274 g/mol. The first-order chi connectivity index (χ1) is 9.48. The molecule has 0 bridgehead atoms. The highest BCUT2D eigenvalue weighted by Crippen LogP contribution is 2.16. The van der Waals surface area contributed by atoms with Gasteiger partial charge in [0.05, 0.1) is 11.5 Å². The zero-order valence-corrected chi connectivity index (χ0v) is 13.4. The van der Waals surface area contributed by atoms with Crippen LogP contribution < -0.4 is 5.32 Å². The van der Waals surface area contributed by atoms with Gasteiger partial charge in [0.25, 0.3) is 0 Å². The normalized spacial score (nSPS) is 13.3. The number of sulfone groups is 1. The summed E-state index contributed by atoms with van der Waals surface area (Å²) in [5.41, 5.74) is 2.19. The Labute approximate surface area is 122 Å². The van der Waals surface area contributed by atoms with Crippen molar-refractivity contribution in [2.75, 3.05) is 31.8 Å². The van der Waals surface area contributed by atoms with Crippen molar-refractivity contribution in [1.29, 1.82) is 0 Å². The lowest BCUT2D eigenvalue weighted by atomic mass is 10.1. The highest BCUT2D eigenvalue weighted by Gasteiger charge is 2.19. The van der Waals surface area contributed by atoms with E-state index in [1.807, 2.05) is 38.1 Å². The van der Waals surface area contributed by atoms with Crippen molar-refractivity contribution in [3.05, 3.63) is 35.4 Å². The first kappa shape index (κ1) is 17.1. The number of nitrogens with one attached hydrogen (secondary N) is 1. The fourth-order valence-corrected chi connectivity index (χ4v) is 3.62. The van der Waals surface area contributed by atoms with Gasteiger partial charge in [-0.1, -0.05) is 36.8 Å². The molecule has 1 N–H and O–H groups in total. The number of methoxy groups -OCH3 is 1. The van der Waals surface area contributed by atoms with E-state index in [1.165, 1.54) is 5.56 Å². The maximum atomic E-state index is 12.1. The van der Waals surface area contributed by atoms with Crippen LogP contribution in [0.5, 0.6) is 0 Å². The van der Waals surface area contributed by atoms with Crippen LogP contribution in [0.25, 0.3) is 0 Å². The molecule has 0 aliphatic carbocycles. The number of benzene rings is 1. The molecule has 1 aromatic carbocycles. The van der Waals surface area contributed by atoms with Gasteiger partial charge in [0.2, 0.25) is 0 Å². The number of hydrogen-bond acceptors (Lipinski definition) is 4. The summed E-state index contributed by atoms with van der Waals surface area (Å²) in [6, 6.07) is 7.86. The van der Waals surface area contributed by atoms with Gasteiger partial charge < -0.3 is 10.1 Å². The average Bonchev–Trinajstić information content (AvgIpc) is 2.39. The Morgan fingerprint density at radius 2 is 1.90 bits per heavy atom. The first-order valence-corrected chi connectivity index (χ1v) is 8.80. The van der Waals surface area contributed by atoms with Gasteiger partial charge in [0.1, 0.15) is 0 Å². The Bertz CT molecular complexity index is 482. The lowest BCUT2D eigenvalue weighted by molar-refractivity contribution is 0.199. The van der Waals surface area contributed by atoms with Crippen molar-refractivity contribution >= 4 is 9.84 Å². The van der Waals surface area contributed by atoms with Crippen LogP contribution in [0, 0.1) is 6.92 Å². The predicted octanol–water partition coefficient (Wildman–Crippen LogP) is 2.10. The van der Waals surface area contributed by atoms with Crippen LogP contribution in [0.1, 0.15) is 30.5 Å². The summed E-state index contributed by atoms with van der Waals surface area (Å²) in [7, 11) is -1.49. The molecule has 0 aromatic heterocycles. The molecule has 5 heteroatoms. The molecule has 0 saturated heterocycles. The van der Waals surface area contributed by atoms with Crippen LogP contribution in [0.4, 0.5) is 0 Å². The maximum absolute atomic E-state index is 12.1. The largest absolute Gasteiger partial charge is 0.385 e. The standard InChI is InChI=1S/C15H25NO3S/c1-4-16-15(14-8-6-13(2)7-9-14)12-20(17,18)11-5-10-19-3/h6-9,15-16H,4-5,10-12H2,1-3H3. The van der Waals surface area contributed by atoms with Crippen LogP contribution in [-0.4, -0.2) is 40.2 Å². The summed E-state index contributed by atoms with van der Waals surface area (Å²) in [6.07, 6.45) is 0.547. The highest BCUT2D eigenvalue weighted by atomic mass is 32.2. The number of aryl methyl sites for hydroxylation is 1. The third kappa shape index (κ3) is 6.03. The molecule has 1 atom stereocenters. The maximum Gasteiger partial charge on any atom is 0.152 e. The van der Waals surface area contributed by atoms with Gasteiger partial charge in [-0.3, -0.25) is 0 Å². The van der Waals surface area contributed by atoms with E-state index in [4.69, 9.17) is 4.74 Å². The van der Waals surface area contributed by atoms with Gasteiger partial charge in [-0.15, -0.1) is 0 Å². The Balaban J connectivity index is 2.73. The van der Waals surface area contributed by atoms with Crippen molar-refractivity contribution in [2.24, 2.45) is 0 Å². The van der Waals surface area contributed by atoms with Gasteiger partial charge in [-0.05, 0) is 25.5 Å². The van der Waals surface area contributed by atoms with Crippen molar-refractivity contribution in [3.8, 4) is 0 Å². The van der Waals surface area contributed by atoms with Crippen molar-refractivity contribution in [3.63, 3.8) is 0 Å². The summed E-state index contributed by atoms with van der Waals surface area (Å²) in [5, 5.41) is 3.25. The highest BCUT2D eigenvalue weighted by molar-refractivity contribution is 7.91. The predicted molar refractivity (Wildman–Crippen MR) is 82.7 cm³/mol. The summed E-state index contributed by atoms with van der Waals surface area (Å²) in [4.78, 5) is 0.